The van der Waals surface area contributed by atoms with Gasteiger partial charge in [-0.05, 0) is 87.4 Å². The maximum absolute atomic E-state index is 5.16. The zero-order chi connectivity index (χ0) is 28.8. The van der Waals surface area contributed by atoms with Gasteiger partial charge in [0.15, 0.2) is 0 Å². The zero-order valence-corrected chi connectivity index (χ0v) is 24.2. The van der Waals surface area contributed by atoms with Crippen molar-refractivity contribution in [2.75, 3.05) is 0 Å². The second-order valence-corrected chi connectivity index (χ2v) is 10.8. The molecule has 0 spiro atoms. The number of pyridine rings is 4. The maximum atomic E-state index is 5.16. The Labute approximate surface area is 245 Å². The van der Waals surface area contributed by atoms with Gasteiger partial charge in [-0.1, -0.05) is 60.7 Å². The summed E-state index contributed by atoms with van der Waals surface area (Å²) >= 11 is 0. The summed E-state index contributed by atoms with van der Waals surface area (Å²) in [7, 11) is 0. The Balaban J connectivity index is 1.35. The van der Waals surface area contributed by atoms with Gasteiger partial charge in [-0.15, -0.1) is 0 Å². The van der Waals surface area contributed by atoms with Crippen LogP contribution in [-0.2, 0) is 0 Å². The highest BCUT2D eigenvalue weighted by Crippen LogP contribution is 2.34. The molecule has 0 radical (unpaired) electrons. The molecule has 0 aliphatic carbocycles. The van der Waals surface area contributed by atoms with Crippen molar-refractivity contribution in [3.8, 4) is 22.5 Å². The summed E-state index contributed by atoms with van der Waals surface area (Å²) < 4.78 is 0. The quantitative estimate of drug-likeness (QED) is 0.208. The van der Waals surface area contributed by atoms with Crippen molar-refractivity contribution in [1.29, 1.82) is 0 Å². The number of nitrogens with zero attached hydrogens (tertiary/aromatic N) is 4. The van der Waals surface area contributed by atoms with E-state index in [1.807, 2.05) is 50.3 Å². The van der Waals surface area contributed by atoms with Crippen LogP contribution < -0.4 is 0 Å². The van der Waals surface area contributed by atoms with Crippen molar-refractivity contribution < 1.29 is 0 Å². The minimum absolute atomic E-state index is 0.922. The van der Waals surface area contributed by atoms with Crippen molar-refractivity contribution in [2.45, 2.75) is 27.7 Å². The highest BCUT2D eigenvalue weighted by Gasteiger charge is 2.14. The van der Waals surface area contributed by atoms with Crippen molar-refractivity contribution in [3.05, 3.63) is 120 Å². The fraction of sp³-hybridized carbons (Fsp3) is 0.105. The summed E-state index contributed by atoms with van der Waals surface area (Å²) in [5.74, 6) is 0. The van der Waals surface area contributed by atoms with Gasteiger partial charge >= 0.3 is 0 Å². The lowest BCUT2D eigenvalue weighted by molar-refractivity contribution is 1.30. The normalized spacial score (nSPS) is 12.1. The van der Waals surface area contributed by atoms with E-state index in [9.17, 15) is 0 Å². The molecule has 0 aliphatic heterocycles. The molecule has 0 bridgehead atoms. The number of hydrogen-bond acceptors (Lipinski definition) is 4. The average molecular weight is 543 g/mol. The molecule has 0 unspecified atom stereocenters. The number of hydrogen-bond donors (Lipinski definition) is 0. The number of rotatable bonds is 4. The molecule has 7 aromatic rings. The maximum Gasteiger partial charge on any atom is 0.0972 e. The molecule has 0 fully saturated rings. The molecule has 0 saturated carbocycles. The van der Waals surface area contributed by atoms with Crippen LogP contribution in [0.1, 0.15) is 36.4 Å². The monoisotopic (exact) mass is 542 g/mol. The van der Waals surface area contributed by atoms with E-state index in [1.54, 1.807) is 0 Å². The molecule has 0 aliphatic rings. The molecular weight excluding hydrogens is 512 g/mol. The van der Waals surface area contributed by atoms with Crippen molar-refractivity contribution in [2.24, 2.45) is 0 Å². The van der Waals surface area contributed by atoms with Gasteiger partial charge in [0, 0.05) is 32.7 Å². The molecule has 4 heterocycles. The summed E-state index contributed by atoms with van der Waals surface area (Å²) in [6, 6.07) is 29.8. The minimum atomic E-state index is 0.922. The van der Waals surface area contributed by atoms with Crippen LogP contribution in [0.2, 0.25) is 0 Å². The van der Waals surface area contributed by atoms with E-state index in [4.69, 9.17) is 19.9 Å². The van der Waals surface area contributed by atoms with Gasteiger partial charge in [0.05, 0.1) is 44.8 Å². The van der Waals surface area contributed by atoms with Crippen LogP contribution in [-0.4, -0.2) is 19.9 Å². The molecule has 4 nitrogen and oxygen atoms in total. The fourth-order valence-electron chi connectivity index (χ4n) is 5.76. The smallest absolute Gasteiger partial charge is 0.0972 e. The van der Waals surface area contributed by atoms with E-state index in [-0.39, 0.29) is 0 Å². The third-order valence-corrected chi connectivity index (χ3v) is 7.88. The van der Waals surface area contributed by atoms with Crippen molar-refractivity contribution in [1.82, 2.24) is 19.9 Å². The Bertz CT molecular complexity index is 2080. The lowest BCUT2D eigenvalue weighted by Crippen LogP contribution is -1.95. The van der Waals surface area contributed by atoms with Gasteiger partial charge < -0.3 is 0 Å². The standard InChI is InChI=1S/C38H30N4/c1-5-7-29-17-13-25-9-11-27-15-19-33(41-37(27)35(25)39-29)31-21-24(4)32(22-23(31)3)34-20-16-28-12-10-26-14-18-30(8-6-2)40-36(26)38(28)42-34/h5-22H,1-4H3/b7-5+,8-6+. The van der Waals surface area contributed by atoms with Crippen LogP contribution in [0.3, 0.4) is 0 Å². The molecule has 0 saturated heterocycles. The van der Waals surface area contributed by atoms with Gasteiger partial charge in [0.25, 0.3) is 0 Å². The third-order valence-electron chi connectivity index (χ3n) is 7.88. The highest BCUT2D eigenvalue weighted by molar-refractivity contribution is 6.05. The van der Waals surface area contributed by atoms with E-state index >= 15 is 0 Å². The largest absolute Gasteiger partial charge is 0.246 e. The third kappa shape index (κ3) is 4.42. The van der Waals surface area contributed by atoms with Crippen LogP contribution in [0.4, 0.5) is 0 Å². The summed E-state index contributed by atoms with van der Waals surface area (Å²) in [6.07, 6.45) is 8.07. The Hall–Kier alpha value is -5.22. The zero-order valence-electron chi connectivity index (χ0n) is 24.2. The molecule has 202 valence electrons. The highest BCUT2D eigenvalue weighted by atomic mass is 14.8. The molecule has 0 amide bonds. The van der Waals surface area contributed by atoms with Crippen LogP contribution in [0.5, 0.6) is 0 Å². The topological polar surface area (TPSA) is 51.6 Å². The van der Waals surface area contributed by atoms with Gasteiger partial charge in [-0.3, -0.25) is 0 Å². The number of allylic oxidation sites excluding steroid dienone is 2. The van der Waals surface area contributed by atoms with E-state index in [0.29, 0.717) is 0 Å². The van der Waals surface area contributed by atoms with E-state index in [0.717, 1.165) is 88.6 Å². The summed E-state index contributed by atoms with van der Waals surface area (Å²) in [5.41, 5.74) is 12.0. The predicted molar refractivity (Wildman–Crippen MR) is 177 cm³/mol. The second-order valence-electron chi connectivity index (χ2n) is 10.8. The Morgan fingerprint density at radius 3 is 1.14 bits per heavy atom. The molecule has 7 rings (SSSR count). The second kappa shape index (κ2) is 10.3. The van der Waals surface area contributed by atoms with Gasteiger partial charge in [0.2, 0.25) is 0 Å². The Morgan fingerprint density at radius 1 is 0.429 bits per heavy atom. The lowest BCUT2D eigenvalue weighted by atomic mass is 9.95. The molecule has 42 heavy (non-hydrogen) atoms. The summed E-state index contributed by atoms with van der Waals surface area (Å²) in [6.45, 7) is 8.31. The van der Waals surface area contributed by atoms with Crippen molar-refractivity contribution >= 4 is 55.8 Å². The predicted octanol–water partition coefficient (Wildman–Crippen LogP) is 9.90. The van der Waals surface area contributed by atoms with E-state index in [2.05, 4.69) is 86.6 Å². The van der Waals surface area contributed by atoms with Crippen molar-refractivity contribution in [3.63, 3.8) is 0 Å². The number of aryl methyl sites for hydroxylation is 2. The van der Waals surface area contributed by atoms with Crippen LogP contribution in [0, 0.1) is 13.8 Å². The molecule has 0 N–H and O–H groups in total. The van der Waals surface area contributed by atoms with Crippen LogP contribution in [0.25, 0.3) is 78.3 Å². The Morgan fingerprint density at radius 2 is 0.762 bits per heavy atom. The van der Waals surface area contributed by atoms with Crippen LogP contribution in [0.15, 0.2) is 97.1 Å². The molecule has 4 heteroatoms. The molecular formula is C38H30N4. The van der Waals surface area contributed by atoms with Gasteiger partial charge in [0.1, 0.15) is 0 Å². The fourth-order valence-corrected chi connectivity index (χ4v) is 5.76. The van der Waals surface area contributed by atoms with E-state index in [1.165, 1.54) is 0 Å². The summed E-state index contributed by atoms with van der Waals surface area (Å²) in [5, 5.41) is 4.35. The minimum Gasteiger partial charge on any atom is -0.246 e. The first-order valence-electron chi connectivity index (χ1n) is 14.3. The average Bonchev–Trinajstić information content (AvgIpc) is 3.01. The molecule has 3 aromatic carbocycles. The molecule has 4 aromatic heterocycles. The number of aromatic nitrogens is 4. The SMILES string of the molecule is C/C=C/c1ccc2ccc3ccc(-c4cc(C)c(-c5ccc6ccc7ccc(/C=C/C)nc7c6n5)cc4C)nc3c2n1. The summed E-state index contributed by atoms with van der Waals surface area (Å²) in [4.78, 5) is 20.2. The van der Waals surface area contributed by atoms with Crippen LogP contribution >= 0.6 is 0 Å². The first kappa shape index (κ1) is 25.7. The first-order chi connectivity index (χ1) is 20.5. The Kier molecular flexibility index (Phi) is 6.32. The van der Waals surface area contributed by atoms with Gasteiger partial charge in [-0.25, -0.2) is 19.9 Å². The van der Waals surface area contributed by atoms with Gasteiger partial charge in [-0.2, -0.15) is 0 Å². The van der Waals surface area contributed by atoms with E-state index < -0.39 is 0 Å². The first-order valence-corrected chi connectivity index (χ1v) is 14.3. The number of fused-ring (bicyclic) bond motifs is 6. The lowest BCUT2D eigenvalue weighted by Gasteiger charge is -2.14. The number of benzene rings is 3. The molecule has 0 atom stereocenters.